The number of hydrogen-bond donors (Lipinski definition) is 2. The standard InChI is InChI=1S/C18H30O4/c1-2-3-4-5-6-7-8-9-10-11-12-13-14-15-16-17(19)18(20)22-21/h12-16,19,21H,2-11H2,1H3. The fourth-order valence-corrected chi connectivity index (χ4v) is 2.07. The zero-order chi connectivity index (χ0) is 16.5. The van der Waals surface area contributed by atoms with Gasteiger partial charge in [0.2, 0.25) is 5.76 Å². The SMILES string of the molecule is CCCCCCCCCCCC=CC=CC=C(O)C(=O)OO. The molecule has 0 unspecified atom stereocenters. The molecule has 0 aliphatic heterocycles. The van der Waals surface area contributed by atoms with Crippen LogP contribution in [0.25, 0.3) is 0 Å². The molecule has 0 amide bonds. The van der Waals surface area contributed by atoms with Crippen molar-refractivity contribution in [3.63, 3.8) is 0 Å². The molecular weight excluding hydrogens is 280 g/mol. The van der Waals surface area contributed by atoms with E-state index in [1.807, 2.05) is 6.08 Å². The van der Waals surface area contributed by atoms with Gasteiger partial charge in [-0.25, -0.2) is 4.79 Å². The van der Waals surface area contributed by atoms with Gasteiger partial charge in [0.1, 0.15) is 0 Å². The van der Waals surface area contributed by atoms with Crippen molar-refractivity contribution in [2.45, 2.75) is 71.1 Å². The maximum atomic E-state index is 10.6. The summed E-state index contributed by atoms with van der Waals surface area (Å²) < 4.78 is 0. The molecule has 2 N–H and O–H groups in total. The lowest BCUT2D eigenvalue weighted by atomic mass is 10.1. The fraction of sp³-hybridized carbons (Fsp3) is 0.611. The molecule has 22 heavy (non-hydrogen) atoms. The van der Waals surface area contributed by atoms with Crippen molar-refractivity contribution in [1.82, 2.24) is 0 Å². The summed E-state index contributed by atoms with van der Waals surface area (Å²) in [4.78, 5) is 14.0. The monoisotopic (exact) mass is 310 g/mol. The van der Waals surface area contributed by atoms with Crippen molar-refractivity contribution >= 4 is 5.97 Å². The number of allylic oxidation sites excluding steroid dienone is 5. The van der Waals surface area contributed by atoms with Gasteiger partial charge < -0.3 is 5.11 Å². The van der Waals surface area contributed by atoms with E-state index in [0.29, 0.717) is 0 Å². The van der Waals surface area contributed by atoms with Gasteiger partial charge >= 0.3 is 5.97 Å². The zero-order valence-corrected chi connectivity index (χ0v) is 13.7. The number of unbranched alkanes of at least 4 members (excludes halogenated alkanes) is 9. The van der Waals surface area contributed by atoms with Gasteiger partial charge in [0.05, 0.1) is 0 Å². The minimum atomic E-state index is -1.16. The van der Waals surface area contributed by atoms with E-state index in [9.17, 15) is 4.79 Å². The first kappa shape index (κ1) is 20.5. The van der Waals surface area contributed by atoms with Gasteiger partial charge in [0, 0.05) is 0 Å². The van der Waals surface area contributed by atoms with Gasteiger partial charge in [-0.1, -0.05) is 82.6 Å². The van der Waals surface area contributed by atoms with Crippen LogP contribution in [0.2, 0.25) is 0 Å². The van der Waals surface area contributed by atoms with E-state index < -0.39 is 11.7 Å². The second kappa shape index (κ2) is 15.8. The zero-order valence-electron chi connectivity index (χ0n) is 13.7. The maximum absolute atomic E-state index is 10.6. The molecule has 0 aliphatic carbocycles. The van der Waals surface area contributed by atoms with Gasteiger partial charge in [0.15, 0.2) is 0 Å². The molecule has 0 fully saturated rings. The molecule has 0 aromatic heterocycles. The molecule has 0 aromatic carbocycles. The van der Waals surface area contributed by atoms with E-state index in [2.05, 4.69) is 17.9 Å². The molecule has 4 nitrogen and oxygen atoms in total. The highest BCUT2D eigenvalue weighted by Gasteiger charge is 2.05. The van der Waals surface area contributed by atoms with Crippen molar-refractivity contribution in [3.05, 3.63) is 36.1 Å². The summed E-state index contributed by atoms with van der Waals surface area (Å²) in [6.45, 7) is 2.24. The largest absolute Gasteiger partial charge is 0.502 e. The van der Waals surface area contributed by atoms with Crippen LogP contribution in [0.4, 0.5) is 0 Å². The smallest absolute Gasteiger partial charge is 0.406 e. The summed E-state index contributed by atoms with van der Waals surface area (Å²) in [5.74, 6) is -1.80. The van der Waals surface area contributed by atoms with Crippen LogP contribution >= 0.6 is 0 Å². The molecule has 4 heteroatoms. The van der Waals surface area contributed by atoms with Gasteiger partial charge in [-0.05, 0) is 18.9 Å². The summed E-state index contributed by atoms with van der Waals surface area (Å²) >= 11 is 0. The summed E-state index contributed by atoms with van der Waals surface area (Å²) in [7, 11) is 0. The molecule has 0 radical (unpaired) electrons. The average Bonchev–Trinajstić information content (AvgIpc) is 2.54. The first-order valence-electron chi connectivity index (χ1n) is 8.30. The molecule has 0 aliphatic rings. The normalized spacial score (nSPS) is 12.4. The summed E-state index contributed by atoms with van der Waals surface area (Å²) in [5.41, 5.74) is 0. The van der Waals surface area contributed by atoms with Crippen molar-refractivity contribution in [2.75, 3.05) is 0 Å². The fourth-order valence-electron chi connectivity index (χ4n) is 2.07. The highest BCUT2D eigenvalue weighted by atomic mass is 17.1. The maximum Gasteiger partial charge on any atom is 0.406 e. The topological polar surface area (TPSA) is 66.8 Å². The molecule has 0 spiro atoms. The second-order valence-electron chi connectivity index (χ2n) is 5.36. The van der Waals surface area contributed by atoms with Crippen molar-refractivity contribution in [2.24, 2.45) is 0 Å². The van der Waals surface area contributed by atoms with Crippen LogP contribution in [0.1, 0.15) is 71.1 Å². The Morgan fingerprint density at radius 2 is 1.50 bits per heavy atom. The lowest BCUT2D eigenvalue weighted by Gasteiger charge is -2.00. The minimum absolute atomic E-state index is 0.633. The first-order valence-corrected chi connectivity index (χ1v) is 8.30. The van der Waals surface area contributed by atoms with E-state index in [4.69, 9.17) is 10.4 Å². The molecule has 0 rings (SSSR count). The van der Waals surface area contributed by atoms with E-state index in [1.165, 1.54) is 69.9 Å². The number of carbonyl (C=O) groups is 1. The van der Waals surface area contributed by atoms with Gasteiger partial charge in [-0.2, -0.15) is 5.26 Å². The molecular formula is C18H30O4. The third-order valence-electron chi connectivity index (χ3n) is 3.38. The van der Waals surface area contributed by atoms with Crippen LogP contribution in [0, 0.1) is 0 Å². The summed E-state index contributed by atoms with van der Waals surface area (Å²) in [6, 6.07) is 0. The Morgan fingerprint density at radius 3 is 2.09 bits per heavy atom. The third kappa shape index (κ3) is 13.4. The number of aliphatic hydroxyl groups is 1. The van der Waals surface area contributed by atoms with Gasteiger partial charge in [-0.15, -0.1) is 0 Å². The Balaban J connectivity index is 3.46. The molecule has 0 bridgehead atoms. The molecule has 0 aromatic rings. The molecule has 0 atom stereocenters. The Morgan fingerprint density at radius 1 is 0.909 bits per heavy atom. The molecule has 0 heterocycles. The second-order valence-corrected chi connectivity index (χ2v) is 5.36. The van der Waals surface area contributed by atoms with E-state index in [1.54, 1.807) is 6.08 Å². The number of aliphatic hydroxyl groups excluding tert-OH is 1. The highest BCUT2D eigenvalue weighted by molar-refractivity contribution is 5.85. The number of carbonyl (C=O) groups excluding carboxylic acids is 1. The van der Waals surface area contributed by atoms with E-state index in [-0.39, 0.29) is 0 Å². The Bertz CT molecular complexity index is 356. The Kier molecular flexibility index (Phi) is 14.7. The van der Waals surface area contributed by atoms with Gasteiger partial charge in [0.25, 0.3) is 0 Å². The van der Waals surface area contributed by atoms with E-state index >= 15 is 0 Å². The summed E-state index contributed by atoms with van der Waals surface area (Å²) in [5, 5.41) is 17.1. The Labute approximate surface area is 134 Å². The van der Waals surface area contributed by atoms with Crippen LogP contribution < -0.4 is 0 Å². The Hall–Kier alpha value is -1.55. The lowest BCUT2D eigenvalue weighted by molar-refractivity contribution is -0.232. The van der Waals surface area contributed by atoms with Crippen LogP contribution in [-0.2, 0) is 9.68 Å². The van der Waals surface area contributed by atoms with Crippen LogP contribution in [0.15, 0.2) is 36.1 Å². The van der Waals surface area contributed by atoms with E-state index in [0.717, 1.165) is 6.42 Å². The third-order valence-corrected chi connectivity index (χ3v) is 3.38. The lowest BCUT2D eigenvalue weighted by Crippen LogP contribution is -2.03. The van der Waals surface area contributed by atoms with Crippen LogP contribution in [-0.4, -0.2) is 16.3 Å². The number of hydrogen-bond acceptors (Lipinski definition) is 4. The predicted octanol–water partition coefficient (Wildman–Crippen LogP) is 5.48. The number of rotatable bonds is 13. The average molecular weight is 310 g/mol. The molecule has 0 saturated heterocycles. The highest BCUT2D eigenvalue weighted by Crippen LogP contribution is 2.10. The summed E-state index contributed by atoms with van der Waals surface area (Å²) in [6.07, 6.45) is 21.3. The van der Waals surface area contributed by atoms with Gasteiger partial charge in [-0.3, -0.25) is 4.89 Å². The molecule has 126 valence electrons. The van der Waals surface area contributed by atoms with Crippen molar-refractivity contribution in [1.29, 1.82) is 0 Å². The first-order chi connectivity index (χ1) is 10.7. The molecule has 0 saturated carbocycles. The van der Waals surface area contributed by atoms with Crippen molar-refractivity contribution in [3.8, 4) is 0 Å². The minimum Gasteiger partial charge on any atom is -0.502 e. The van der Waals surface area contributed by atoms with Crippen molar-refractivity contribution < 1.29 is 20.0 Å². The van der Waals surface area contributed by atoms with Crippen LogP contribution in [0.3, 0.4) is 0 Å². The quantitative estimate of drug-likeness (QED) is 0.118. The van der Waals surface area contributed by atoms with Crippen LogP contribution in [0.5, 0.6) is 0 Å². The predicted molar refractivity (Wildman–Crippen MR) is 89.6 cm³/mol.